The van der Waals surface area contributed by atoms with Gasteiger partial charge in [0.05, 0.1) is 5.60 Å². The lowest BCUT2D eigenvalue weighted by molar-refractivity contribution is 0.0694. The van der Waals surface area contributed by atoms with E-state index in [9.17, 15) is 9.90 Å². The van der Waals surface area contributed by atoms with Crippen LogP contribution in [0.15, 0.2) is 48.5 Å². The summed E-state index contributed by atoms with van der Waals surface area (Å²) in [7, 11) is 0. The van der Waals surface area contributed by atoms with Gasteiger partial charge in [-0.3, -0.25) is 4.79 Å². The summed E-state index contributed by atoms with van der Waals surface area (Å²) >= 11 is 0. The minimum Gasteiger partial charge on any atom is -0.486 e. The van der Waals surface area contributed by atoms with Gasteiger partial charge in [0.1, 0.15) is 17.7 Å². The molecule has 0 spiro atoms. The van der Waals surface area contributed by atoms with E-state index in [-0.39, 0.29) is 24.4 Å². The van der Waals surface area contributed by atoms with Crippen LogP contribution >= 0.6 is 0 Å². The summed E-state index contributed by atoms with van der Waals surface area (Å²) in [6.45, 7) is 7.44. The number of carbonyl (C=O) groups excluding carboxylic acids is 1. The summed E-state index contributed by atoms with van der Waals surface area (Å²) in [5.41, 5.74) is 6.49. The monoisotopic (exact) mass is 487 g/mol. The molecule has 36 heavy (non-hydrogen) atoms. The first-order valence-electron chi connectivity index (χ1n) is 12.8. The Labute approximate surface area is 212 Å². The number of aliphatic hydroxyl groups is 1. The topological polar surface area (TPSA) is 58.6 Å². The minimum atomic E-state index is -0.980. The minimum absolute atomic E-state index is 0.168. The summed E-state index contributed by atoms with van der Waals surface area (Å²) in [6, 6.07) is 15.4. The fourth-order valence-corrected chi connectivity index (χ4v) is 5.34. The highest BCUT2D eigenvalue weighted by Crippen LogP contribution is 2.44. The van der Waals surface area contributed by atoms with Crippen LogP contribution < -0.4 is 10.1 Å². The summed E-state index contributed by atoms with van der Waals surface area (Å²) < 4.78 is 21.4. The lowest BCUT2D eigenvalue weighted by Gasteiger charge is -2.20. The van der Waals surface area contributed by atoms with Crippen LogP contribution in [-0.4, -0.2) is 23.2 Å². The summed E-state index contributed by atoms with van der Waals surface area (Å²) in [4.78, 5) is 12.7. The number of rotatable bonds is 7. The number of hydrogen-bond donors (Lipinski definition) is 2. The van der Waals surface area contributed by atoms with Crippen LogP contribution in [0.4, 0.5) is 4.39 Å². The Hall–Kier alpha value is -3.18. The van der Waals surface area contributed by atoms with Crippen LogP contribution in [0.5, 0.6) is 5.75 Å². The Morgan fingerprint density at radius 2 is 1.72 bits per heavy atom. The highest BCUT2D eigenvalue weighted by atomic mass is 19.1. The first-order chi connectivity index (χ1) is 17.1. The van der Waals surface area contributed by atoms with Crippen LogP contribution in [0.3, 0.4) is 0 Å². The number of carbonyl (C=O) groups is 1. The molecule has 1 fully saturated rings. The SMILES string of the molecule is Cc1cc(C(=O)NCC(C)(C)O)cc(C)c1-c1ccc(F)c2c1CCC2Oc1ccc(C2CC2)cc1. The second-order valence-corrected chi connectivity index (χ2v) is 11.0. The molecule has 2 aliphatic rings. The fraction of sp³-hybridized carbons (Fsp3) is 0.387. The van der Waals surface area contributed by atoms with Gasteiger partial charge in [0.15, 0.2) is 0 Å². The smallest absolute Gasteiger partial charge is 0.251 e. The van der Waals surface area contributed by atoms with E-state index in [0.717, 1.165) is 46.4 Å². The molecule has 2 N–H and O–H groups in total. The van der Waals surface area contributed by atoms with Gasteiger partial charge >= 0.3 is 0 Å². The standard InChI is InChI=1S/C31H34FNO3/c1-18-15-22(30(34)33-17-31(3,4)35)16-19(2)28(18)24-11-13-26(32)29-25(24)12-14-27(29)36-23-9-7-21(8-10-23)20-5-6-20/h7-11,13,15-16,20,27,35H,5-6,12,14,17H2,1-4H3,(H,33,34). The van der Waals surface area contributed by atoms with Crippen molar-refractivity contribution in [3.8, 4) is 16.9 Å². The molecule has 0 saturated heterocycles. The Balaban J connectivity index is 1.42. The van der Waals surface area contributed by atoms with E-state index in [0.29, 0.717) is 17.0 Å². The van der Waals surface area contributed by atoms with Crippen molar-refractivity contribution in [2.75, 3.05) is 6.54 Å². The van der Waals surface area contributed by atoms with Gasteiger partial charge in [0, 0.05) is 17.7 Å². The van der Waals surface area contributed by atoms with E-state index in [1.165, 1.54) is 24.5 Å². The normalized spacial score (nSPS) is 17.1. The Bertz CT molecular complexity index is 1280. The molecule has 3 aromatic rings. The van der Waals surface area contributed by atoms with Crippen LogP contribution in [0, 0.1) is 19.7 Å². The van der Waals surface area contributed by atoms with Crippen LogP contribution in [0.25, 0.3) is 11.1 Å². The highest BCUT2D eigenvalue weighted by molar-refractivity contribution is 5.96. The molecule has 1 saturated carbocycles. The Morgan fingerprint density at radius 3 is 2.33 bits per heavy atom. The molecule has 1 amide bonds. The van der Waals surface area contributed by atoms with Crippen LogP contribution in [0.1, 0.15) is 83.3 Å². The molecule has 0 heterocycles. The van der Waals surface area contributed by atoms with Gasteiger partial charge in [-0.15, -0.1) is 0 Å². The molecular weight excluding hydrogens is 453 g/mol. The van der Waals surface area contributed by atoms with Gasteiger partial charge in [-0.2, -0.15) is 0 Å². The number of hydrogen-bond acceptors (Lipinski definition) is 3. The molecule has 2 aliphatic carbocycles. The largest absolute Gasteiger partial charge is 0.486 e. The van der Waals surface area contributed by atoms with Crippen LogP contribution in [-0.2, 0) is 6.42 Å². The van der Waals surface area contributed by atoms with Gasteiger partial charge in [-0.05, 0) is 123 Å². The summed E-state index contributed by atoms with van der Waals surface area (Å²) in [5.74, 6) is 1.01. The van der Waals surface area contributed by atoms with Gasteiger partial charge < -0.3 is 15.2 Å². The van der Waals surface area contributed by atoms with Crippen molar-refractivity contribution in [2.24, 2.45) is 0 Å². The number of fused-ring (bicyclic) bond motifs is 1. The number of amides is 1. The molecule has 5 heteroatoms. The van der Waals surface area contributed by atoms with Crippen molar-refractivity contribution in [2.45, 2.75) is 71.0 Å². The molecular formula is C31H34FNO3. The molecule has 3 aromatic carbocycles. The second kappa shape index (κ2) is 9.36. The molecule has 1 atom stereocenters. The molecule has 0 bridgehead atoms. The maximum Gasteiger partial charge on any atom is 0.251 e. The van der Waals surface area contributed by atoms with Gasteiger partial charge in [-0.1, -0.05) is 18.2 Å². The number of halogens is 1. The third-order valence-electron chi connectivity index (χ3n) is 7.24. The van der Waals surface area contributed by atoms with Crippen molar-refractivity contribution in [3.05, 3.63) is 87.7 Å². The average Bonchev–Trinajstić information content (AvgIpc) is 3.59. The number of ether oxygens (including phenoxy) is 1. The summed E-state index contributed by atoms with van der Waals surface area (Å²) in [5, 5.41) is 12.7. The highest BCUT2D eigenvalue weighted by Gasteiger charge is 2.31. The van der Waals surface area contributed by atoms with Gasteiger partial charge in [0.25, 0.3) is 5.91 Å². The van der Waals surface area contributed by atoms with Crippen molar-refractivity contribution >= 4 is 5.91 Å². The molecule has 0 aromatic heterocycles. The quantitative estimate of drug-likeness (QED) is 0.397. The number of benzene rings is 3. The van der Waals surface area contributed by atoms with Crippen molar-refractivity contribution in [3.63, 3.8) is 0 Å². The third kappa shape index (κ3) is 5.03. The van der Waals surface area contributed by atoms with Crippen molar-refractivity contribution in [1.82, 2.24) is 5.32 Å². The van der Waals surface area contributed by atoms with E-state index < -0.39 is 5.60 Å². The third-order valence-corrected chi connectivity index (χ3v) is 7.24. The van der Waals surface area contributed by atoms with E-state index in [4.69, 9.17) is 4.74 Å². The first kappa shape index (κ1) is 24.5. The zero-order valence-corrected chi connectivity index (χ0v) is 21.5. The molecule has 5 rings (SSSR count). The predicted molar refractivity (Wildman–Crippen MR) is 140 cm³/mol. The molecule has 1 unspecified atom stereocenters. The van der Waals surface area contributed by atoms with E-state index in [1.807, 2.05) is 44.2 Å². The zero-order valence-electron chi connectivity index (χ0n) is 21.5. The zero-order chi connectivity index (χ0) is 25.6. The maximum absolute atomic E-state index is 15.1. The fourth-order valence-electron chi connectivity index (χ4n) is 5.34. The average molecular weight is 488 g/mol. The van der Waals surface area contributed by atoms with Crippen molar-refractivity contribution in [1.29, 1.82) is 0 Å². The number of nitrogens with one attached hydrogen (secondary N) is 1. The Kier molecular flexibility index (Phi) is 6.37. The van der Waals surface area contributed by atoms with Crippen molar-refractivity contribution < 1.29 is 19.0 Å². The van der Waals surface area contributed by atoms with Gasteiger partial charge in [0.2, 0.25) is 0 Å². The predicted octanol–water partition coefficient (Wildman–Crippen LogP) is 6.55. The molecule has 0 aliphatic heterocycles. The second-order valence-electron chi connectivity index (χ2n) is 11.0. The molecule has 4 nitrogen and oxygen atoms in total. The Morgan fingerprint density at radius 1 is 1.06 bits per heavy atom. The van der Waals surface area contributed by atoms with Crippen LogP contribution in [0.2, 0.25) is 0 Å². The molecule has 0 radical (unpaired) electrons. The lowest BCUT2D eigenvalue weighted by atomic mass is 9.89. The van der Waals surface area contributed by atoms with E-state index in [2.05, 4.69) is 17.4 Å². The lowest BCUT2D eigenvalue weighted by Crippen LogP contribution is -2.38. The summed E-state index contributed by atoms with van der Waals surface area (Å²) in [6.07, 6.45) is 3.66. The first-order valence-corrected chi connectivity index (χ1v) is 12.8. The maximum atomic E-state index is 15.1. The molecule has 188 valence electrons. The van der Waals surface area contributed by atoms with Gasteiger partial charge in [-0.25, -0.2) is 4.39 Å². The van der Waals surface area contributed by atoms with E-state index >= 15 is 4.39 Å². The number of aryl methyl sites for hydroxylation is 2. The van der Waals surface area contributed by atoms with E-state index in [1.54, 1.807) is 13.8 Å².